The van der Waals surface area contributed by atoms with Gasteiger partial charge in [0.05, 0.1) is 12.8 Å². The van der Waals surface area contributed by atoms with Crippen molar-refractivity contribution in [2.75, 3.05) is 7.11 Å². The summed E-state index contributed by atoms with van der Waals surface area (Å²) in [5, 5.41) is 11.7. The van der Waals surface area contributed by atoms with E-state index in [1.807, 2.05) is 36.4 Å². The van der Waals surface area contributed by atoms with Crippen molar-refractivity contribution in [1.29, 1.82) is 0 Å². The van der Waals surface area contributed by atoms with E-state index in [1.54, 1.807) is 7.11 Å². The van der Waals surface area contributed by atoms with Crippen molar-refractivity contribution >= 4 is 0 Å². The predicted molar refractivity (Wildman–Crippen MR) is 79.2 cm³/mol. The monoisotopic (exact) mass is 285 g/mol. The van der Waals surface area contributed by atoms with Gasteiger partial charge in [-0.15, -0.1) is 5.10 Å². The number of nitrogens with zero attached hydrogens (tertiary/aromatic N) is 2. The molecule has 5 nitrogen and oxygen atoms in total. The van der Waals surface area contributed by atoms with E-state index in [0.29, 0.717) is 18.5 Å². The Morgan fingerprint density at radius 2 is 1.90 bits per heavy atom. The van der Waals surface area contributed by atoms with Gasteiger partial charge >= 0.3 is 0 Å². The summed E-state index contributed by atoms with van der Waals surface area (Å²) < 4.78 is 10.7. The van der Waals surface area contributed by atoms with Crippen LogP contribution in [0.1, 0.15) is 24.1 Å². The van der Waals surface area contributed by atoms with Crippen LogP contribution in [0.3, 0.4) is 0 Å². The highest BCUT2D eigenvalue weighted by molar-refractivity contribution is 5.27. The highest BCUT2D eigenvalue weighted by atomic mass is 16.5. The Hall–Kier alpha value is -2.14. The number of methoxy groups -OCH3 is 1. The zero-order chi connectivity index (χ0) is 14.5. The normalized spacial score (nSPS) is 14.0. The second-order valence-corrected chi connectivity index (χ2v) is 5.15. The van der Waals surface area contributed by atoms with Crippen molar-refractivity contribution in [3.05, 3.63) is 47.7 Å². The molecule has 0 radical (unpaired) electrons. The van der Waals surface area contributed by atoms with Gasteiger partial charge in [-0.25, -0.2) is 0 Å². The lowest BCUT2D eigenvalue weighted by atomic mass is 10.2. The highest BCUT2D eigenvalue weighted by Crippen LogP contribution is 2.19. The van der Waals surface area contributed by atoms with E-state index in [0.717, 1.165) is 23.6 Å². The van der Waals surface area contributed by atoms with E-state index in [1.165, 1.54) is 12.8 Å². The molecule has 1 heterocycles. The van der Waals surface area contributed by atoms with Crippen LogP contribution >= 0.6 is 0 Å². The van der Waals surface area contributed by atoms with Crippen molar-refractivity contribution in [2.45, 2.75) is 32.0 Å². The molecule has 5 heteroatoms. The highest BCUT2D eigenvalue weighted by Gasteiger charge is 2.20. The first-order valence-electron chi connectivity index (χ1n) is 7.15. The molecular formula is C16H19N3O2. The minimum Gasteiger partial charge on any atom is -0.497 e. The minimum atomic E-state index is 0.471. The van der Waals surface area contributed by atoms with Gasteiger partial charge in [-0.1, -0.05) is 12.1 Å². The summed E-state index contributed by atoms with van der Waals surface area (Å²) in [4.78, 5) is 0. The molecule has 1 aromatic heterocycles. The van der Waals surface area contributed by atoms with Gasteiger partial charge in [0, 0.05) is 18.7 Å². The molecule has 0 unspecified atom stereocenters. The number of hydrogen-bond donors (Lipinski definition) is 1. The zero-order valence-electron chi connectivity index (χ0n) is 12.1. The Morgan fingerprint density at radius 3 is 2.52 bits per heavy atom. The minimum absolute atomic E-state index is 0.471. The number of hydrogen-bond acceptors (Lipinski definition) is 5. The Morgan fingerprint density at radius 1 is 1.10 bits per heavy atom. The molecule has 110 valence electrons. The van der Waals surface area contributed by atoms with Crippen molar-refractivity contribution in [2.24, 2.45) is 0 Å². The average molecular weight is 285 g/mol. The lowest BCUT2D eigenvalue weighted by Crippen LogP contribution is -2.16. The Balaban J connectivity index is 1.49. The van der Waals surface area contributed by atoms with Crippen LogP contribution in [-0.2, 0) is 13.2 Å². The fourth-order valence-electron chi connectivity index (χ4n) is 1.93. The molecule has 0 saturated heterocycles. The lowest BCUT2D eigenvalue weighted by Gasteiger charge is -2.06. The van der Waals surface area contributed by atoms with E-state index in [4.69, 9.17) is 9.47 Å². The van der Waals surface area contributed by atoms with Crippen LogP contribution in [0.25, 0.3) is 0 Å². The largest absolute Gasteiger partial charge is 0.497 e. The van der Waals surface area contributed by atoms with Crippen LogP contribution in [0.15, 0.2) is 36.4 Å². The molecule has 0 atom stereocenters. The Kier molecular flexibility index (Phi) is 4.31. The zero-order valence-corrected chi connectivity index (χ0v) is 12.1. The molecule has 1 fully saturated rings. The molecule has 1 aliphatic carbocycles. The SMILES string of the molecule is COc1ccc(COc2ccc(CNC3CC3)nn2)cc1. The first kappa shape index (κ1) is 13.8. The summed E-state index contributed by atoms with van der Waals surface area (Å²) in [5.74, 6) is 1.38. The van der Waals surface area contributed by atoms with Gasteiger partial charge in [0.2, 0.25) is 5.88 Å². The van der Waals surface area contributed by atoms with Crippen LogP contribution in [0, 0.1) is 0 Å². The van der Waals surface area contributed by atoms with E-state index in [2.05, 4.69) is 15.5 Å². The van der Waals surface area contributed by atoms with Gasteiger partial charge in [0.25, 0.3) is 0 Å². The summed E-state index contributed by atoms with van der Waals surface area (Å²) in [6, 6.07) is 12.3. The quantitative estimate of drug-likeness (QED) is 0.846. The Bertz CT molecular complexity index is 565. The molecule has 2 aromatic rings. The van der Waals surface area contributed by atoms with Gasteiger partial charge in [0.1, 0.15) is 12.4 Å². The van der Waals surface area contributed by atoms with Crippen LogP contribution in [-0.4, -0.2) is 23.3 Å². The summed E-state index contributed by atoms with van der Waals surface area (Å²) in [6.45, 7) is 1.24. The molecular weight excluding hydrogens is 266 g/mol. The summed E-state index contributed by atoms with van der Waals surface area (Å²) in [7, 11) is 1.65. The average Bonchev–Trinajstić information content (AvgIpc) is 3.37. The molecule has 0 amide bonds. The second kappa shape index (κ2) is 6.54. The van der Waals surface area contributed by atoms with Crippen molar-refractivity contribution < 1.29 is 9.47 Å². The van der Waals surface area contributed by atoms with Gasteiger partial charge in [-0.05, 0) is 36.6 Å². The van der Waals surface area contributed by atoms with Crippen molar-refractivity contribution in [3.8, 4) is 11.6 Å². The maximum atomic E-state index is 5.62. The van der Waals surface area contributed by atoms with Crippen LogP contribution in [0.4, 0.5) is 0 Å². The molecule has 1 N–H and O–H groups in total. The van der Waals surface area contributed by atoms with Crippen LogP contribution < -0.4 is 14.8 Å². The molecule has 0 spiro atoms. The fraction of sp³-hybridized carbons (Fsp3) is 0.375. The number of ether oxygens (including phenoxy) is 2. The predicted octanol–water partition coefficient (Wildman–Crippen LogP) is 2.32. The van der Waals surface area contributed by atoms with E-state index in [-0.39, 0.29) is 0 Å². The second-order valence-electron chi connectivity index (χ2n) is 5.15. The van der Waals surface area contributed by atoms with Gasteiger partial charge < -0.3 is 14.8 Å². The van der Waals surface area contributed by atoms with Crippen LogP contribution in [0.2, 0.25) is 0 Å². The number of rotatable bonds is 7. The van der Waals surface area contributed by atoms with E-state index >= 15 is 0 Å². The van der Waals surface area contributed by atoms with E-state index in [9.17, 15) is 0 Å². The lowest BCUT2D eigenvalue weighted by molar-refractivity contribution is 0.289. The number of benzene rings is 1. The summed E-state index contributed by atoms with van der Waals surface area (Å²) in [6.07, 6.45) is 2.55. The van der Waals surface area contributed by atoms with E-state index < -0.39 is 0 Å². The summed E-state index contributed by atoms with van der Waals surface area (Å²) in [5.41, 5.74) is 2.01. The third kappa shape index (κ3) is 4.16. The van der Waals surface area contributed by atoms with Gasteiger partial charge in [-0.2, -0.15) is 5.10 Å². The third-order valence-electron chi connectivity index (χ3n) is 3.39. The van der Waals surface area contributed by atoms with Crippen LogP contribution in [0.5, 0.6) is 11.6 Å². The molecule has 1 aliphatic rings. The van der Waals surface area contributed by atoms with Gasteiger partial charge in [-0.3, -0.25) is 0 Å². The molecule has 1 aromatic carbocycles. The molecule has 0 aliphatic heterocycles. The smallest absolute Gasteiger partial charge is 0.233 e. The van der Waals surface area contributed by atoms with Crippen molar-refractivity contribution in [3.63, 3.8) is 0 Å². The molecule has 21 heavy (non-hydrogen) atoms. The first-order chi connectivity index (χ1) is 10.3. The molecule has 0 bridgehead atoms. The summed E-state index contributed by atoms with van der Waals surface area (Å²) >= 11 is 0. The van der Waals surface area contributed by atoms with Gasteiger partial charge in [0.15, 0.2) is 0 Å². The standard InChI is InChI=1S/C16H19N3O2/c1-20-15-7-2-12(3-8-15)11-21-16-9-6-14(18-19-16)10-17-13-4-5-13/h2-3,6-9,13,17H,4-5,10-11H2,1H3. The Labute approximate surface area is 124 Å². The topological polar surface area (TPSA) is 56.3 Å². The first-order valence-corrected chi connectivity index (χ1v) is 7.15. The number of nitrogens with one attached hydrogen (secondary N) is 1. The maximum Gasteiger partial charge on any atom is 0.233 e. The molecule has 1 saturated carbocycles. The fourth-order valence-corrected chi connectivity index (χ4v) is 1.93. The van der Waals surface area contributed by atoms with Crippen molar-refractivity contribution in [1.82, 2.24) is 15.5 Å². The molecule has 3 rings (SSSR count). The number of aromatic nitrogens is 2. The third-order valence-corrected chi connectivity index (χ3v) is 3.39. The maximum absolute atomic E-state index is 5.62.